The fourth-order valence-electron chi connectivity index (χ4n) is 1.49. The number of amides is 1. The highest BCUT2D eigenvalue weighted by atomic mass is 79.9. The molecular formula is C13H16BrNO4. The van der Waals surface area contributed by atoms with Crippen LogP contribution in [0.25, 0.3) is 0 Å². The van der Waals surface area contributed by atoms with Crippen molar-refractivity contribution < 1.29 is 19.1 Å². The molecule has 19 heavy (non-hydrogen) atoms. The Morgan fingerprint density at radius 2 is 2.00 bits per heavy atom. The third-order valence-corrected chi connectivity index (χ3v) is 3.00. The van der Waals surface area contributed by atoms with Gasteiger partial charge in [0.25, 0.3) is 0 Å². The second-order valence-electron chi connectivity index (χ2n) is 3.81. The number of hydrogen-bond donors (Lipinski definition) is 1. The number of halogens is 1. The van der Waals surface area contributed by atoms with Gasteiger partial charge in [-0.1, -0.05) is 15.9 Å². The molecule has 0 aliphatic heterocycles. The van der Waals surface area contributed by atoms with Gasteiger partial charge in [-0.3, -0.25) is 9.59 Å². The van der Waals surface area contributed by atoms with Crippen molar-refractivity contribution in [3.8, 4) is 5.75 Å². The zero-order chi connectivity index (χ0) is 14.3. The fourth-order valence-corrected chi connectivity index (χ4v) is 1.89. The molecule has 0 spiro atoms. The Balaban J connectivity index is 2.50. The lowest BCUT2D eigenvalue weighted by Gasteiger charge is -2.10. The average molecular weight is 330 g/mol. The summed E-state index contributed by atoms with van der Waals surface area (Å²) in [5.74, 6) is 0.110. The molecule has 6 heteroatoms. The molecule has 0 saturated carbocycles. The van der Waals surface area contributed by atoms with Crippen LogP contribution in [-0.4, -0.2) is 26.1 Å². The van der Waals surface area contributed by atoms with Crippen LogP contribution >= 0.6 is 15.9 Å². The number of hydrogen-bond acceptors (Lipinski definition) is 4. The molecule has 104 valence electrons. The van der Waals surface area contributed by atoms with Crippen molar-refractivity contribution in [3.63, 3.8) is 0 Å². The van der Waals surface area contributed by atoms with Crippen LogP contribution in [0.4, 0.5) is 0 Å². The molecule has 0 atom stereocenters. The first-order valence-corrected chi connectivity index (χ1v) is 6.52. The maximum Gasteiger partial charge on any atom is 0.306 e. The monoisotopic (exact) mass is 329 g/mol. The minimum Gasteiger partial charge on any atom is -0.496 e. The molecule has 0 fully saturated rings. The van der Waals surface area contributed by atoms with E-state index in [4.69, 9.17) is 4.74 Å². The van der Waals surface area contributed by atoms with E-state index in [2.05, 4.69) is 26.0 Å². The fraction of sp³-hybridized carbons (Fsp3) is 0.385. The minimum absolute atomic E-state index is 0.0813. The van der Waals surface area contributed by atoms with E-state index in [0.717, 1.165) is 10.0 Å². The predicted molar refractivity (Wildman–Crippen MR) is 73.8 cm³/mol. The van der Waals surface area contributed by atoms with Crippen molar-refractivity contribution in [1.82, 2.24) is 5.32 Å². The van der Waals surface area contributed by atoms with Crippen molar-refractivity contribution in [2.24, 2.45) is 0 Å². The number of benzene rings is 1. The molecule has 1 N–H and O–H groups in total. The van der Waals surface area contributed by atoms with E-state index in [9.17, 15) is 9.59 Å². The molecular weight excluding hydrogens is 314 g/mol. The Morgan fingerprint density at radius 1 is 1.26 bits per heavy atom. The molecule has 1 amide bonds. The Kier molecular flexibility index (Phi) is 6.35. The van der Waals surface area contributed by atoms with Crippen LogP contribution in [0.1, 0.15) is 18.4 Å². The lowest BCUT2D eigenvalue weighted by atomic mass is 10.2. The van der Waals surface area contributed by atoms with Gasteiger partial charge in [0.1, 0.15) is 5.75 Å². The lowest BCUT2D eigenvalue weighted by molar-refractivity contribution is -0.142. The second kappa shape index (κ2) is 7.78. The average Bonchev–Trinajstić information content (AvgIpc) is 2.42. The van der Waals surface area contributed by atoms with Gasteiger partial charge in [-0.05, 0) is 18.2 Å². The van der Waals surface area contributed by atoms with E-state index in [0.29, 0.717) is 12.3 Å². The molecule has 1 rings (SSSR count). The summed E-state index contributed by atoms with van der Waals surface area (Å²) in [6, 6.07) is 5.56. The van der Waals surface area contributed by atoms with Crippen LogP contribution in [-0.2, 0) is 20.9 Å². The highest BCUT2D eigenvalue weighted by Crippen LogP contribution is 2.22. The third-order valence-electron chi connectivity index (χ3n) is 2.50. The van der Waals surface area contributed by atoms with Gasteiger partial charge in [-0.25, -0.2) is 0 Å². The van der Waals surface area contributed by atoms with Gasteiger partial charge in [0.15, 0.2) is 0 Å². The van der Waals surface area contributed by atoms with Gasteiger partial charge in [-0.2, -0.15) is 0 Å². The number of carbonyl (C=O) groups is 2. The molecule has 0 bridgehead atoms. The summed E-state index contributed by atoms with van der Waals surface area (Å²) in [4.78, 5) is 22.5. The van der Waals surface area contributed by atoms with Crippen molar-refractivity contribution in [3.05, 3.63) is 28.2 Å². The molecule has 1 aromatic carbocycles. The topological polar surface area (TPSA) is 64.6 Å². The summed E-state index contributed by atoms with van der Waals surface area (Å²) in [7, 11) is 2.87. The maximum atomic E-state index is 11.5. The van der Waals surface area contributed by atoms with E-state index >= 15 is 0 Å². The van der Waals surface area contributed by atoms with E-state index in [1.165, 1.54) is 7.11 Å². The van der Waals surface area contributed by atoms with Crippen LogP contribution in [0.3, 0.4) is 0 Å². The molecule has 0 radical (unpaired) electrons. The number of methoxy groups -OCH3 is 2. The second-order valence-corrected chi connectivity index (χ2v) is 4.72. The standard InChI is InChI=1S/C13H16BrNO4/c1-18-11-4-3-10(14)7-9(11)8-15-12(16)5-6-13(17)19-2/h3-4,7H,5-6,8H2,1-2H3,(H,15,16). The van der Waals surface area contributed by atoms with Crippen LogP contribution in [0.2, 0.25) is 0 Å². The first-order valence-electron chi connectivity index (χ1n) is 5.72. The summed E-state index contributed by atoms with van der Waals surface area (Å²) >= 11 is 3.36. The smallest absolute Gasteiger partial charge is 0.306 e. The largest absolute Gasteiger partial charge is 0.496 e. The number of rotatable bonds is 6. The van der Waals surface area contributed by atoms with Crippen LogP contribution in [0.5, 0.6) is 5.75 Å². The minimum atomic E-state index is -0.393. The van der Waals surface area contributed by atoms with E-state index < -0.39 is 5.97 Å². The van der Waals surface area contributed by atoms with Gasteiger partial charge < -0.3 is 14.8 Å². The molecule has 0 aliphatic carbocycles. The molecule has 5 nitrogen and oxygen atoms in total. The molecule has 1 aromatic rings. The van der Waals surface area contributed by atoms with Crippen molar-refractivity contribution in [1.29, 1.82) is 0 Å². The zero-order valence-electron chi connectivity index (χ0n) is 10.9. The summed E-state index contributed by atoms with van der Waals surface area (Å²) in [6.45, 7) is 0.350. The number of esters is 1. The lowest BCUT2D eigenvalue weighted by Crippen LogP contribution is -2.23. The quantitative estimate of drug-likeness (QED) is 0.811. The highest BCUT2D eigenvalue weighted by Gasteiger charge is 2.08. The normalized spacial score (nSPS) is 9.84. The molecule has 0 aromatic heterocycles. The van der Waals surface area contributed by atoms with E-state index in [1.807, 2.05) is 18.2 Å². The first kappa shape index (κ1) is 15.5. The zero-order valence-corrected chi connectivity index (χ0v) is 12.5. The van der Waals surface area contributed by atoms with Crippen LogP contribution < -0.4 is 10.1 Å². The summed E-state index contributed by atoms with van der Waals surface area (Å²) in [6.07, 6.45) is 0.195. The molecule has 0 saturated heterocycles. The Morgan fingerprint density at radius 3 is 2.63 bits per heavy atom. The summed E-state index contributed by atoms with van der Waals surface area (Å²) in [5, 5.41) is 2.73. The van der Waals surface area contributed by atoms with E-state index in [1.54, 1.807) is 7.11 Å². The Bertz CT molecular complexity index is 462. The van der Waals surface area contributed by atoms with Gasteiger partial charge in [-0.15, -0.1) is 0 Å². The maximum absolute atomic E-state index is 11.5. The number of ether oxygens (including phenoxy) is 2. The number of carbonyl (C=O) groups excluding carboxylic acids is 2. The Labute approximate surface area is 120 Å². The summed E-state index contributed by atoms with van der Waals surface area (Å²) in [5.41, 5.74) is 0.864. The third kappa shape index (κ3) is 5.30. The first-order chi connectivity index (χ1) is 9.06. The highest BCUT2D eigenvalue weighted by molar-refractivity contribution is 9.10. The van der Waals surface area contributed by atoms with Gasteiger partial charge >= 0.3 is 5.97 Å². The molecule has 0 heterocycles. The Hall–Kier alpha value is -1.56. The van der Waals surface area contributed by atoms with Gasteiger partial charge in [0, 0.05) is 23.0 Å². The van der Waals surface area contributed by atoms with Gasteiger partial charge in [0.05, 0.1) is 20.6 Å². The van der Waals surface area contributed by atoms with Crippen molar-refractivity contribution in [2.45, 2.75) is 19.4 Å². The van der Waals surface area contributed by atoms with Crippen molar-refractivity contribution in [2.75, 3.05) is 14.2 Å². The predicted octanol–water partition coefficient (Wildman–Crippen LogP) is 2.03. The number of nitrogens with one attached hydrogen (secondary N) is 1. The SMILES string of the molecule is COC(=O)CCC(=O)NCc1cc(Br)ccc1OC. The summed E-state index contributed by atoms with van der Waals surface area (Å²) < 4.78 is 10.6. The van der Waals surface area contributed by atoms with E-state index in [-0.39, 0.29) is 18.7 Å². The van der Waals surface area contributed by atoms with Crippen LogP contribution in [0.15, 0.2) is 22.7 Å². The van der Waals surface area contributed by atoms with Gasteiger partial charge in [0.2, 0.25) is 5.91 Å². The molecule has 0 unspecified atom stereocenters. The van der Waals surface area contributed by atoms with Crippen molar-refractivity contribution >= 4 is 27.8 Å². The van der Waals surface area contributed by atoms with Crippen LogP contribution in [0, 0.1) is 0 Å². The molecule has 0 aliphatic rings.